The molecule has 2 atom stereocenters. The van der Waals surface area contributed by atoms with Crippen LogP contribution in [0.25, 0.3) is 20.2 Å². The molecule has 0 bridgehead atoms. The van der Waals surface area contributed by atoms with Crippen LogP contribution in [0.5, 0.6) is 0 Å². The van der Waals surface area contributed by atoms with E-state index in [9.17, 15) is 4.79 Å². The van der Waals surface area contributed by atoms with Crippen LogP contribution in [0.2, 0.25) is 0 Å². The van der Waals surface area contributed by atoms with Crippen LogP contribution in [0.3, 0.4) is 0 Å². The zero-order valence-corrected chi connectivity index (χ0v) is 16.0. The zero-order valence-electron chi connectivity index (χ0n) is 15.2. The van der Waals surface area contributed by atoms with Crippen LogP contribution in [-0.4, -0.2) is 13.2 Å². The fourth-order valence-electron chi connectivity index (χ4n) is 3.35. The summed E-state index contributed by atoms with van der Waals surface area (Å²) in [5.74, 6) is 0. The average molecular weight is 356 g/mol. The van der Waals surface area contributed by atoms with Gasteiger partial charge in [0.2, 0.25) is 0 Å². The van der Waals surface area contributed by atoms with Crippen molar-refractivity contribution in [3.05, 3.63) is 57.7 Å². The van der Waals surface area contributed by atoms with Gasteiger partial charge in [-0.1, -0.05) is 18.2 Å². The first-order valence-electron chi connectivity index (χ1n) is 8.80. The molecule has 2 unspecified atom stereocenters. The standard InChI is InChI=1S/C21H24O3S/c1-5-23-13(3)15-11-12-17-20(22)16-9-7-8-10-18(16)25-21(17)19(15)14(4)24-6-2/h7-14H,5-6H2,1-4H3. The Labute approximate surface area is 152 Å². The highest BCUT2D eigenvalue weighted by molar-refractivity contribution is 7.24. The Morgan fingerprint density at radius 2 is 1.60 bits per heavy atom. The number of ether oxygens (including phenoxy) is 2. The van der Waals surface area contributed by atoms with Crippen molar-refractivity contribution in [3.8, 4) is 0 Å². The summed E-state index contributed by atoms with van der Waals surface area (Å²) < 4.78 is 13.8. The lowest BCUT2D eigenvalue weighted by Crippen LogP contribution is -2.11. The fraction of sp³-hybridized carbons (Fsp3) is 0.381. The van der Waals surface area contributed by atoms with Gasteiger partial charge in [-0.25, -0.2) is 0 Å². The molecule has 0 aliphatic carbocycles. The summed E-state index contributed by atoms with van der Waals surface area (Å²) in [7, 11) is 0. The number of fused-ring (bicyclic) bond motifs is 2. The Morgan fingerprint density at radius 3 is 2.32 bits per heavy atom. The molecule has 3 rings (SSSR count). The van der Waals surface area contributed by atoms with Gasteiger partial charge in [0, 0.05) is 38.9 Å². The van der Waals surface area contributed by atoms with Gasteiger partial charge < -0.3 is 9.47 Å². The first-order valence-corrected chi connectivity index (χ1v) is 9.61. The second kappa shape index (κ2) is 7.65. The topological polar surface area (TPSA) is 35.5 Å². The summed E-state index contributed by atoms with van der Waals surface area (Å²) in [5, 5.41) is 1.54. The lowest BCUT2D eigenvalue weighted by atomic mass is 9.97. The molecule has 0 fully saturated rings. The van der Waals surface area contributed by atoms with Crippen molar-refractivity contribution in [3.63, 3.8) is 0 Å². The van der Waals surface area contributed by atoms with E-state index in [2.05, 4.69) is 6.92 Å². The Bertz CT molecular complexity index is 945. The van der Waals surface area contributed by atoms with E-state index < -0.39 is 0 Å². The van der Waals surface area contributed by atoms with Crippen molar-refractivity contribution in [2.24, 2.45) is 0 Å². The normalized spacial score (nSPS) is 14.1. The molecule has 0 radical (unpaired) electrons. The van der Waals surface area contributed by atoms with Crippen molar-refractivity contribution in [1.29, 1.82) is 0 Å². The van der Waals surface area contributed by atoms with E-state index >= 15 is 0 Å². The molecule has 0 amide bonds. The zero-order chi connectivity index (χ0) is 18.0. The van der Waals surface area contributed by atoms with E-state index in [1.54, 1.807) is 11.3 Å². The molecule has 132 valence electrons. The monoisotopic (exact) mass is 356 g/mol. The average Bonchev–Trinajstić information content (AvgIpc) is 2.61. The molecular formula is C21H24O3S. The van der Waals surface area contributed by atoms with Crippen LogP contribution < -0.4 is 5.43 Å². The van der Waals surface area contributed by atoms with Crippen LogP contribution in [0.4, 0.5) is 0 Å². The minimum absolute atomic E-state index is 0.0407. The van der Waals surface area contributed by atoms with Gasteiger partial charge in [-0.3, -0.25) is 4.79 Å². The molecule has 2 aromatic carbocycles. The second-order valence-electron chi connectivity index (χ2n) is 6.07. The summed E-state index contributed by atoms with van der Waals surface area (Å²) in [6.07, 6.45) is -0.135. The van der Waals surface area contributed by atoms with Gasteiger partial charge in [-0.2, -0.15) is 0 Å². The van der Waals surface area contributed by atoms with E-state index in [-0.39, 0.29) is 17.6 Å². The predicted octanol–water partition coefficient (Wildman–Crippen LogP) is 5.61. The summed E-state index contributed by atoms with van der Waals surface area (Å²) in [4.78, 5) is 13.0. The van der Waals surface area contributed by atoms with Crippen LogP contribution >= 0.6 is 11.3 Å². The Kier molecular flexibility index (Phi) is 5.52. The molecule has 0 spiro atoms. The van der Waals surface area contributed by atoms with Gasteiger partial charge in [0.05, 0.1) is 12.2 Å². The minimum Gasteiger partial charge on any atom is -0.374 e. The first kappa shape index (κ1) is 18.1. The van der Waals surface area contributed by atoms with E-state index in [0.717, 1.165) is 31.3 Å². The second-order valence-corrected chi connectivity index (χ2v) is 7.12. The van der Waals surface area contributed by atoms with E-state index in [0.29, 0.717) is 13.2 Å². The number of hydrogen-bond donors (Lipinski definition) is 0. The van der Waals surface area contributed by atoms with Crippen molar-refractivity contribution in [2.45, 2.75) is 39.9 Å². The fourth-order valence-corrected chi connectivity index (χ4v) is 4.65. The molecule has 1 aromatic heterocycles. The largest absolute Gasteiger partial charge is 0.374 e. The Morgan fingerprint density at radius 1 is 0.920 bits per heavy atom. The van der Waals surface area contributed by atoms with Gasteiger partial charge in [-0.15, -0.1) is 11.3 Å². The predicted molar refractivity (Wildman–Crippen MR) is 106 cm³/mol. The first-order chi connectivity index (χ1) is 12.1. The quantitative estimate of drug-likeness (QED) is 0.539. The van der Waals surface area contributed by atoms with Gasteiger partial charge in [-0.05, 0) is 51.5 Å². The van der Waals surface area contributed by atoms with E-state index in [1.165, 1.54) is 0 Å². The maximum atomic E-state index is 13.0. The molecule has 3 nitrogen and oxygen atoms in total. The molecule has 4 heteroatoms. The summed E-state index contributed by atoms with van der Waals surface area (Å²) in [5.41, 5.74) is 2.26. The molecule has 0 N–H and O–H groups in total. The van der Waals surface area contributed by atoms with Gasteiger partial charge in [0.15, 0.2) is 5.43 Å². The highest BCUT2D eigenvalue weighted by Gasteiger charge is 2.21. The van der Waals surface area contributed by atoms with Crippen molar-refractivity contribution >= 4 is 31.5 Å². The summed E-state index contributed by atoms with van der Waals surface area (Å²) in [6, 6.07) is 11.8. The smallest absolute Gasteiger partial charge is 0.195 e. The molecule has 3 aromatic rings. The maximum Gasteiger partial charge on any atom is 0.195 e. The highest BCUT2D eigenvalue weighted by Crippen LogP contribution is 2.37. The Balaban J connectivity index is 2.36. The molecule has 25 heavy (non-hydrogen) atoms. The summed E-state index contributed by atoms with van der Waals surface area (Å²) in [6.45, 7) is 9.36. The number of rotatable bonds is 6. The third-order valence-electron chi connectivity index (χ3n) is 4.50. The van der Waals surface area contributed by atoms with Crippen molar-refractivity contribution in [2.75, 3.05) is 13.2 Å². The highest BCUT2D eigenvalue weighted by atomic mass is 32.1. The van der Waals surface area contributed by atoms with Gasteiger partial charge >= 0.3 is 0 Å². The molecule has 0 aliphatic rings. The molecular weight excluding hydrogens is 332 g/mol. The number of benzene rings is 2. The van der Waals surface area contributed by atoms with Crippen molar-refractivity contribution < 1.29 is 9.47 Å². The molecule has 0 aliphatic heterocycles. The van der Waals surface area contributed by atoms with E-state index in [4.69, 9.17) is 9.47 Å². The SMILES string of the molecule is CCOC(C)c1ccc2c(=O)c3ccccc3sc2c1C(C)OCC. The molecule has 0 saturated carbocycles. The van der Waals surface area contributed by atoms with Crippen LogP contribution in [-0.2, 0) is 9.47 Å². The lowest BCUT2D eigenvalue weighted by Gasteiger charge is -2.22. The van der Waals surface area contributed by atoms with Crippen LogP contribution in [0.1, 0.15) is 51.0 Å². The molecule has 0 saturated heterocycles. The lowest BCUT2D eigenvalue weighted by molar-refractivity contribution is 0.0605. The van der Waals surface area contributed by atoms with Crippen LogP contribution in [0, 0.1) is 0 Å². The van der Waals surface area contributed by atoms with E-state index in [1.807, 2.05) is 57.2 Å². The Hall–Kier alpha value is -1.75. The third kappa shape index (κ3) is 3.34. The molecule has 1 heterocycles. The van der Waals surface area contributed by atoms with Gasteiger partial charge in [0.1, 0.15) is 0 Å². The minimum atomic E-state index is -0.0941. The number of hydrogen-bond acceptors (Lipinski definition) is 4. The van der Waals surface area contributed by atoms with Crippen LogP contribution in [0.15, 0.2) is 41.2 Å². The maximum absolute atomic E-state index is 13.0. The summed E-state index contributed by atoms with van der Waals surface area (Å²) >= 11 is 1.66. The third-order valence-corrected chi connectivity index (χ3v) is 5.72. The van der Waals surface area contributed by atoms with Crippen molar-refractivity contribution in [1.82, 2.24) is 0 Å². The van der Waals surface area contributed by atoms with Gasteiger partial charge in [0.25, 0.3) is 0 Å².